The van der Waals surface area contributed by atoms with E-state index in [2.05, 4.69) is 15.9 Å². The minimum absolute atomic E-state index is 0.0739. The number of nitrogens with zero attached hydrogens (tertiary/aromatic N) is 1. The molecule has 0 spiro atoms. The topological polar surface area (TPSA) is 70.3 Å². The van der Waals surface area contributed by atoms with E-state index in [1.165, 1.54) is 6.08 Å². The molecule has 5 heteroatoms. The maximum atomic E-state index is 10.4. The fraction of sp³-hybridized carbons (Fsp3) is 0.0909. The smallest absolute Gasteiger partial charge is 0.328 e. The molecule has 16 heavy (non-hydrogen) atoms. The van der Waals surface area contributed by atoms with Crippen LogP contribution in [-0.2, 0) is 4.79 Å². The molecule has 0 amide bonds. The van der Waals surface area contributed by atoms with Gasteiger partial charge in [0.2, 0.25) is 0 Å². The second-order valence-corrected chi connectivity index (χ2v) is 3.72. The van der Waals surface area contributed by atoms with Gasteiger partial charge in [0, 0.05) is 16.1 Å². The van der Waals surface area contributed by atoms with Crippen molar-refractivity contribution in [2.75, 3.05) is 6.61 Å². The maximum Gasteiger partial charge on any atom is 0.328 e. The van der Waals surface area contributed by atoms with E-state index in [0.717, 1.165) is 10.5 Å². The van der Waals surface area contributed by atoms with Crippen LogP contribution in [0.2, 0.25) is 0 Å². The summed E-state index contributed by atoms with van der Waals surface area (Å²) in [5.41, 5.74) is 0.604. The molecule has 0 aliphatic heterocycles. The van der Waals surface area contributed by atoms with Gasteiger partial charge in [0.1, 0.15) is 11.8 Å². The molecule has 0 saturated carbocycles. The molecule has 4 nitrogen and oxygen atoms in total. The first kappa shape index (κ1) is 12.3. The molecule has 0 heterocycles. The van der Waals surface area contributed by atoms with Gasteiger partial charge in [0.25, 0.3) is 0 Å². The lowest BCUT2D eigenvalue weighted by Gasteiger charge is -2.05. The van der Waals surface area contributed by atoms with E-state index in [1.54, 1.807) is 18.2 Å². The van der Waals surface area contributed by atoms with E-state index in [0.29, 0.717) is 11.3 Å². The number of halogens is 1. The van der Waals surface area contributed by atoms with Gasteiger partial charge in [-0.2, -0.15) is 5.26 Å². The Balaban J connectivity index is 2.99. The molecule has 0 radical (unpaired) electrons. The highest BCUT2D eigenvalue weighted by atomic mass is 79.9. The zero-order valence-corrected chi connectivity index (χ0v) is 9.77. The molecule has 0 fully saturated rings. The van der Waals surface area contributed by atoms with Crippen LogP contribution in [0.15, 0.2) is 28.7 Å². The fourth-order valence-electron chi connectivity index (χ4n) is 1.05. The highest BCUT2D eigenvalue weighted by Gasteiger charge is 2.02. The van der Waals surface area contributed by atoms with E-state index >= 15 is 0 Å². The Morgan fingerprint density at radius 2 is 2.38 bits per heavy atom. The Labute approximate surface area is 101 Å². The summed E-state index contributed by atoms with van der Waals surface area (Å²) in [4.78, 5) is 10.4. The Morgan fingerprint density at radius 1 is 1.62 bits per heavy atom. The number of carbonyl (C=O) groups is 1. The first-order chi connectivity index (χ1) is 7.63. The van der Waals surface area contributed by atoms with Crippen LogP contribution in [-0.4, -0.2) is 17.7 Å². The average Bonchev–Trinajstić information content (AvgIpc) is 2.25. The van der Waals surface area contributed by atoms with Gasteiger partial charge in [0.05, 0.1) is 0 Å². The molecular weight excluding hydrogens is 274 g/mol. The number of carboxylic acids is 1. The van der Waals surface area contributed by atoms with Crippen molar-refractivity contribution in [3.63, 3.8) is 0 Å². The molecule has 0 saturated heterocycles. The molecule has 1 rings (SSSR count). The van der Waals surface area contributed by atoms with E-state index in [1.807, 2.05) is 6.07 Å². The highest BCUT2D eigenvalue weighted by molar-refractivity contribution is 9.10. The third kappa shape index (κ3) is 3.75. The summed E-state index contributed by atoms with van der Waals surface area (Å²) in [5.74, 6) is -0.562. The third-order valence-electron chi connectivity index (χ3n) is 1.67. The molecular formula is C11H8BrNO3. The Morgan fingerprint density at radius 3 is 3.00 bits per heavy atom. The van der Waals surface area contributed by atoms with Crippen LogP contribution >= 0.6 is 15.9 Å². The standard InChI is InChI=1S/C11H8BrNO3/c12-9-2-3-10(16-6-5-13)8(7-9)1-4-11(14)15/h1-4,7H,6H2,(H,14,15). The van der Waals surface area contributed by atoms with Crippen molar-refractivity contribution in [2.45, 2.75) is 0 Å². The number of hydrogen-bond donors (Lipinski definition) is 1. The van der Waals surface area contributed by atoms with E-state index in [4.69, 9.17) is 15.1 Å². The minimum Gasteiger partial charge on any atom is -0.478 e. The molecule has 0 aromatic heterocycles. The fourth-order valence-corrected chi connectivity index (χ4v) is 1.43. The van der Waals surface area contributed by atoms with Crippen molar-refractivity contribution < 1.29 is 14.6 Å². The molecule has 0 unspecified atom stereocenters. The predicted octanol–water partition coefficient (Wildman–Crippen LogP) is 2.45. The first-order valence-corrected chi connectivity index (χ1v) is 5.13. The molecule has 1 aromatic rings. The average molecular weight is 282 g/mol. The normalized spacial score (nSPS) is 10.0. The molecule has 0 atom stereocenters. The SMILES string of the molecule is N#CCOc1ccc(Br)cc1C=CC(=O)O. The summed E-state index contributed by atoms with van der Waals surface area (Å²) >= 11 is 3.27. The second-order valence-electron chi connectivity index (χ2n) is 2.80. The summed E-state index contributed by atoms with van der Waals surface area (Å²) in [6.07, 6.45) is 2.43. The molecule has 0 bridgehead atoms. The van der Waals surface area contributed by atoms with Gasteiger partial charge in [0.15, 0.2) is 6.61 Å². The number of carboxylic acid groups (broad SMARTS) is 1. The van der Waals surface area contributed by atoms with Gasteiger partial charge in [-0.05, 0) is 24.3 Å². The molecule has 1 aromatic carbocycles. The first-order valence-electron chi connectivity index (χ1n) is 4.34. The zero-order chi connectivity index (χ0) is 12.0. The van der Waals surface area contributed by atoms with Crippen LogP contribution in [0.4, 0.5) is 0 Å². The summed E-state index contributed by atoms with van der Waals surface area (Å²) in [5, 5.41) is 16.9. The van der Waals surface area contributed by atoms with Crippen LogP contribution in [0.1, 0.15) is 5.56 Å². The zero-order valence-electron chi connectivity index (χ0n) is 8.18. The van der Waals surface area contributed by atoms with Crippen molar-refractivity contribution in [3.05, 3.63) is 34.3 Å². The van der Waals surface area contributed by atoms with Crippen molar-refractivity contribution in [1.29, 1.82) is 5.26 Å². The number of rotatable bonds is 4. The van der Waals surface area contributed by atoms with Gasteiger partial charge in [-0.15, -0.1) is 0 Å². The van der Waals surface area contributed by atoms with Crippen LogP contribution in [0.3, 0.4) is 0 Å². The van der Waals surface area contributed by atoms with Gasteiger partial charge >= 0.3 is 5.97 Å². The highest BCUT2D eigenvalue weighted by Crippen LogP contribution is 2.24. The van der Waals surface area contributed by atoms with Crippen molar-refractivity contribution in [1.82, 2.24) is 0 Å². The Hall–Kier alpha value is -1.80. The minimum atomic E-state index is -1.04. The number of nitriles is 1. The summed E-state index contributed by atoms with van der Waals surface area (Å²) in [7, 11) is 0. The molecule has 0 aliphatic rings. The lowest BCUT2D eigenvalue weighted by Crippen LogP contribution is -1.96. The van der Waals surface area contributed by atoms with Crippen LogP contribution < -0.4 is 4.74 Å². The van der Waals surface area contributed by atoms with Gasteiger partial charge in [-0.1, -0.05) is 15.9 Å². The Bertz CT molecular complexity index is 463. The lowest BCUT2D eigenvalue weighted by molar-refractivity contribution is -0.131. The van der Waals surface area contributed by atoms with Crippen molar-refractivity contribution in [3.8, 4) is 11.8 Å². The molecule has 1 N–H and O–H groups in total. The van der Waals surface area contributed by atoms with Crippen LogP contribution in [0, 0.1) is 11.3 Å². The van der Waals surface area contributed by atoms with Crippen LogP contribution in [0.25, 0.3) is 6.08 Å². The van der Waals surface area contributed by atoms with E-state index in [9.17, 15) is 4.79 Å². The quantitative estimate of drug-likeness (QED) is 0.861. The monoisotopic (exact) mass is 281 g/mol. The molecule has 0 aliphatic carbocycles. The van der Waals surface area contributed by atoms with Gasteiger partial charge < -0.3 is 9.84 Å². The van der Waals surface area contributed by atoms with Crippen molar-refractivity contribution in [2.24, 2.45) is 0 Å². The summed E-state index contributed by atoms with van der Waals surface area (Å²) in [6, 6.07) is 6.99. The predicted molar refractivity (Wildman–Crippen MR) is 61.9 cm³/mol. The molecule has 82 valence electrons. The van der Waals surface area contributed by atoms with Gasteiger partial charge in [-0.25, -0.2) is 4.79 Å². The number of ether oxygens (including phenoxy) is 1. The number of hydrogen-bond acceptors (Lipinski definition) is 3. The number of aliphatic carboxylic acids is 1. The Kier molecular flexibility index (Phi) is 4.55. The van der Waals surface area contributed by atoms with E-state index < -0.39 is 5.97 Å². The van der Waals surface area contributed by atoms with Crippen LogP contribution in [0.5, 0.6) is 5.75 Å². The van der Waals surface area contributed by atoms with E-state index in [-0.39, 0.29) is 6.61 Å². The lowest BCUT2D eigenvalue weighted by atomic mass is 10.2. The van der Waals surface area contributed by atoms with Gasteiger partial charge in [-0.3, -0.25) is 0 Å². The number of benzene rings is 1. The van der Waals surface area contributed by atoms with Crippen molar-refractivity contribution >= 4 is 28.0 Å². The second kappa shape index (κ2) is 5.93. The third-order valence-corrected chi connectivity index (χ3v) is 2.16. The maximum absolute atomic E-state index is 10.4. The summed E-state index contributed by atoms with van der Waals surface area (Å²) < 4.78 is 5.95. The largest absolute Gasteiger partial charge is 0.478 e. The summed E-state index contributed by atoms with van der Waals surface area (Å²) in [6.45, 7) is -0.0739.